The Bertz CT molecular complexity index is 779. The van der Waals surface area contributed by atoms with Crippen molar-refractivity contribution in [1.82, 2.24) is 15.4 Å². The second kappa shape index (κ2) is 10.8. The van der Waals surface area contributed by atoms with Gasteiger partial charge in [-0.25, -0.2) is 0 Å². The summed E-state index contributed by atoms with van der Waals surface area (Å²) < 4.78 is 16.0. The van der Waals surface area contributed by atoms with Crippen LogP contribution in [0, 0.1) is 0 Å². The van der Waals surface area contributed by atoms with E-state index >= 15 is 0 Å². The van der Waals surface area contributed by atoms with Gasteiger partial charge < -0.3 is 24.4 Å². The van der Waals surface area contributed by atoms with Crippen LogP contribution in [0.5, 0.6) is 11.5 Å². The molecule has 0 bridgehead atoms. The molecule has 1 aromatic heterocycles. The van der Waals surface area contributed by atoms with E-state index in [1.165, 1.54) is 12.8 Å². The van der Waals surface area contributed by atoms with Crippen LogP contribution < -0.4 is 14.8 Å². The Morgan fingerprint density at radius 1 is 1.34 bits per heavy atom. The summed E-state index contributed by atoms with van der Waals surface area (Å²) >= 11 is 0. The number of piperidine rings is 1. The molecule has 2 N–H and O–H groups in total. The zero-order valence-electron chi connectivity index (χ0n) is 16.8. The Morgan fingerprint density at radius 3 is 3.03 bits per heavy atom. The van der Waals surface area contributed by atoms with Crippen LogP contribution in [0.2, 0.25) is 0 Å². The van der Waals surface area contributed by atoms with Gasteiger partial charge in [0, 0.05) is 31.3 Å². The van der Waals surface area contributed by atoms with Crippen LogP contribution in [-0.4, -0.2) is 60.5 Å². The van der Waals surface area contributed by atoms with Gasteiger partial charge in [-0.05, 0) is 37.9 Å². The number of aliphatic hydroxyl groups excluding tert-OH is 1. The molecule has 8 nitrogen and oxygen atoms in total. The molecule has 1 fully saturated rings. The number of nitrogens with one attached hydrogen (secondary N) is 1. The third-order valence-electron chi connectivity index (χ3n) is 5.08. The number of likely N-dealkylation sites (tertiary alicyclic amines) is 1. The van der Waals surface area contributed by atoms with Gasteiger partial charge in [-0.3, -0.25) is 9.69 Å². The van der Waals surface area contributed by atoms with E-state index in [2.05, 4.69) is 15.4 Å². The van der Waals surface area contributed by atoms with E-state index < -0.39 is 0 Å². The smallest absolute Gasteiger partial charge is 0.273 e. The average Bonchev–Trinajstić information content (AvgIpc) is 3.25. The van der Waals surface area contributed by atoms with Gasteiger partial charge in [0.25, 0.3) is 5.91 Å². The first-order chi connectivity index (χ1) is 14.2. The molecule has 2 heterocycles. The maximum absolute atomic E-state index is 12.2. The monoisotopic (exact) mass is 403 g/mol. The summed E-state index contributed by atoms with van der Waals surface area (Å²) in [6.07, 6.45) is 4.21. The molecule has 1 amide bonds. The molecule has 0 radical (unpaired) electrons. The Kier molecular flexibility index (Phi) is 7.89. The number of benzene rings is 1. The first-order valence-corrected chi connectivity index (χ1v) is 10.0. The van der Waals surface area contributed by atoms with Gasteiger partial charge in [0.2, 0.25) is 0 Å². The van der Waals surface area contributed by atoms with Crippen LogP contribution >= 0.6 is 0 Å². The van der Waals surface area contributed by atoms with Crippen LogP contribution in [0.25, 0.3) is 0 Å². The Hall–Kier alpha value is -2.58. The maximum Gasteiger partial charge on any atom is 0.273 e. The molecule has 1 aliphatic rings. The molecule has 1 saturated heterocycles. The van der Waals surface area contributed by atoms with E-state index in [4.69, 9.17) is 14.0 Å². The van der Waals surface area contributed by atoms with Crippen LogP contribution in [0.1, 0.15) is 41.9 Å². The summed E-state index contributed by atoms with van der Waals surface area (Å²) in [6, 6.07) is 9.09. The molecule has 0 saturated carbocycles. The number of methoxy groups -OCH3 is 1. The van der Waals surface area contributed by atoms with Crippen LogP contribution in [-0.2, 0) is 6.61 Å². The molecule has 1 atom stereocenters. The van der Waals surface area contributed by atoms with Gasteiger partial charge in [-0.15, -0.1) is 0 Å². The standard InChI is InChI=1S/C21H29N3O5/c1-27-17-7-4-8-18(12-17)28-15-19-13-20(23-29-19)21(26)22-9-5-11-24-10-3-2-6-16(24)14-25/h4,7-8,12-13,16,25H,2-3,5-6,9-11,14-15H2,1H3,(H,22,26)/t16-/m0/s1. The quantitative estimate of drug-likeness (QED) is 0.587. The third-order valence-corrected chi connectivity index (χ3v) is 5.08. The number of amides is 1. The summed E-state index contributed by atoms with van der Waals surface area (Å²) in [7, 11) is 1.60. The maximum atomic E-state index is 12.2. The van der Waals surface area contributed by atoms with Crippen LogP contribution in [0.4, 0.5) is 0 Å². The lowest BCUT2D eigenvalue weighted by molar-refractivity contribution is 0.0865. The largest absolute Gasteiger partial charge is 0.497 e. The molecular weight excluding hydrogens is 374 g/mol. The lowest BCUT2D eigenvalue weighted by Crippen LogP contribution is -2.43. The van der Waals surface area contributed by atoms with Gasteiger partial charge in [0.05, 0.1) is 13.7 Å². The summed E-state index contributed by atoms with van der Waals surface area (Å²) in [4.78, 5) is 14.5. The van der Waals surface area contributed by atoms with Crippen molar-refractivity contribution in [3.8, 4) is 11.5 Å². The van der Waals surface area contributed by atoms with E-state index in [9.17, 15) is 9.90 Å². The lowest BCUT2D eigenvalue weighted by Gasteiger charge is -2.34. The van der Waals surface area contributed by atoms with Crippen molar-refractivity contribution < 1.29 is 23.9 Å². The van der Waals surface area contributed by atoms with Crippen molar-refractivity contribution in [1.29, 1.82) is 0 Å². The molecule has 3 rings (SSSR count). The fourth-order valence-corrected chi connectivity index (χ4v) is 3.47. The number of aliphatic hydroxyl groups is 1. The van der Waals surface area contributed by atoms with Gasteiger partial charge in [-0.2, -0.15) is 0 Å². The highest BCUT2D eigenvalue weighted by Crippen LogP contribution is 2.20. The Balaban J connectivity index is 1.39. The molecule has 29 heavy (non-hydrogen) atoms. The number of hydrogen-bond acceptors (Lipinski definition) is 7. The number of ether oxygens (including phenoxy) is 2. The van der Waals surface area contributed by atoms with Crippen molar-refractivity contribution in [2.75, 3.05) is 33.4 Å². The normalized spacial score (nSPS) is 17.1. The number of nitrogens with zero attached hydrogens (tertiary/aromatic N) is 2. The van der Waals surface area contributed by atoms with E-state index in [0.29, 0.717) is 23.8 Å². The number of aromatic nitrogens is 1. The number of hydrogen-bond donors (Lipinski definition) is 2. The minimum absolute atomic E-state index is 0.172. The van der Waals surface area contributed by atoms with Crippen molar-refractivity contribution in [3.63, 3.8) is 0 Å². The minimum Gasteiger partial charge on any atom is -0.497 e. The minimum atomic E-state index is -0.265. The third kappa shape index (κ3) is 6.20. The van der Waals surface area contributed by atoms with Gasteiger partial charge in [0.15, 0.2) is 11.5 Å². The van der Waals surface area contributed by atoms with Crippen molar-refractivity contribution in [2.24, 2.45) is 0 Å². The lowest BCUT2D eigenvalue weighted by atomic mass is 10.0. The van der Waals surface area contributed by atoms with Crippen LogP contribution in [0.15, 0.2) is 34.9 Å². The topological polar surface area (TPSA) is 97.1 Å². The molecule has 0 aliphatic carbocycles. The fraction of sp³-hybridized carbons (Fsp3) is 0.524. The number of rotatable bonds is 10. The first-order valence-electron chi connectivity index (χ1n) is 10.0. The zero-order valence-corrected chi connectivity index (χ0v) is 16.8. The van der Waals surface area contributed by atoms with Crippen molar-refractivity contribution in [2.45, 2.75) is 38.3 Å². The highest BCUT2D eigenvalue weighted by molar-refractivity contribution is 5.92. The second-order valence-corrected chi connectivity index (χ2v) is 7.12. The number of carbonyl (C=O) groups excluding carboxylic acids is 1. The van der Waals surface area contributed by atoms with Crippen molar-refractivity contribution in [3.05, 3.63) is 41.8 Å². The molecule has 1 aliphatic heterocycles. The molecule has 2 aromatic rings. The number of carbonyl (C=O) groups is 1. The average molecular weight is 403 g/mol. The summed E-state index contributed by atoms with van der Waals surface area (Å²) in [5.41, 5.74) is 0.237. The molecule has 0 spiro atoms. The Labute approximate surface area is 170 Å². The highest BCUT2D eigenvalue weighted by Gasteiger charge is 2.21. The second-order valence-electron chi connectivity index (χ2n) is 7.12. The predicted molar refractivity (Wildman–Crippen MR) is 107 cm³/mol. The Morgan fingerprint density at radius 2 is 2.21 bits per heavy atom. The fourth-order valence-electron chi connectivity index (χ4n) is 3.47. The molecular formula is C21H29N3O5. The summed E-state index contributed by atoms with van der Waals surface area (Å²) in [6.45, 7) is 2.80. The molecule has 1 aromatic carbocycles. The van der Waals surface area contributed by atoms with E-state index in [0.717, 1.165) is 25.9 Å². The van der Waals surface area contributed by atoms with Gasteiger partial charge in [0.1, 0.15) is 18.1 Å². The van der Waals surface area contributed by atoms with Gasteiger partial charge in [-0.1, -0.05) is 17.6 Å². The summed E-state index contributed by atoms with van der Waals surface area (Å²) in [5.74, 6) is 1.55. The zero-order chi connectivity index (χ0) is 20.5. The SMILES string of the molecule is COc1cccc(OCc2cc(C(=O)NCCCN3CCCC[C@H]3CO)no2)c1. The van der Waals surface area contributed by atoms with Gasteiger partial charge >= 0.3 is 0 Å². The van der Waals surface area contributed by atoms with Crippen molar-refractivity contribution >= 4 is 5.91 Å². The van der Waals surface area contributed by atoms with E-state index in [1.54, 1.807) is 19.2 Å². The molecule has 8 heteroatoms. The van der Waals surface area contributed by atoms with E-state index in [-0.39, 0.29) is 30.9 Å². The van der Waals surface area contributed by atoms with Crippen LogP contribution in [0.3, 0.4) is 0 Å². The molecule has 158 valence electrons. The highest BCUT2D eigenvalue weighted by atomic mass is 16.5. The molecule has 0 unspecified atom stereocenters. The first kappa shape index (κ1) is 21.1. The summed E-state index contributed by atoms with van der Waals surface area (Å²) in [5, 5.41) is 16.1. The van der Waals surface area contributed by atoms with E-state index in [1.807, 2.05) is 18.2 Å². The predicted octanol–water partition coefficient (Wildman–Crippen LogP) is 2.23.